The molecule has 1 aliphatic rings. The van der Waals surface area contributed by atoms with Crippen LogP contribution in [0, 0.1) is 5.92 Å². The summed E-state index contributed by atoms with van der Waals surface area (Å²) < 4.78 is 38.2. The molecule has 0 N–H and O–H groups in total. The van der Waals surface area contributed by atoms with Gasteiger partial charge >= 0.3 is 6.18 Å². The largest absolute Gasteiger partial charge is 0.393 e. The molecule has 1 atom stereocenters. The van der Waals surface area contributed by atoms with E-state index in [1.807, 2.05) is 0 Å². The van der Waals surface area contributed by atoms with E-state index in [1.54, 1.807) is 6.07 Å². The van der Waals surface area contributed by atoms with Crippen molar-refractivity contribution in [2.75, 3.05) is 13.1 Å². The topological polar surface area (TPSA) is 20.3 Å². The van der Waals surface area contributed by atoms with Gasteiger partial charge in [-0.25, -0.2) is 0 Å². The first-order chi connectivity index (χ1) is 9.29. The summed E-state index contributed by atoms with van der Waals surface area (Å²) in [5, 5.41) is 0.224. The summed E-state index contributed by atoms with van der Waals surface area (Å²) in [6, 6.07) is 4.62. The number of alkyl halides is 3. The molecule has 0 spiro atoms. The number of halogens is 4. The normalized spacial score (nSPS) is 20.1. The van der Waals surface area contributed by atoms with Gasteiger partial charge < -0.3 is 4.90 Å². The Morgan fingerprint density at radius 2 is 2.10 bits per heavy atom. The SMILES string of the molecule is O=C(c1cc(S)ccc1Cl)N1CCCC(C(F)(F)F)C1. The van der Waals surface area contributed by atoms with Crippen LogP contribution in [0.2, 0.25) is 5.02 Å². The van der Waals surface area contributed by atoms with Crippen molar-refractivity contribution in [1.29, 1.82) is 0 Å². The Labute approximate surface area is 125 Å². The van der Waals surface area contributed by atoms with Crippen LogP contribution in [0.5, 0.6) is 0 Å². The average Bonchev–Trinajstić information content (AvgIpc) is 2.40. The lowest BCUT2D eigenvalue weighted by molar-refractivity contribution is -0.184. The van der Waals surface area contributed by atoms with Gasteiger partial charge in [-0.1, -0.05) is 11.6 Å². The molecule has 0 radical (unpaired) electrons. The monoisotopic (exact) mass is 323 g/mol. The number of amides is 1. The Bertz CT molecular complexity index is 521. The van der Waals surface area contributed by atoms with Crippen LogP contribution in [0.4, 0.5) is 13.2 Å². The lowest BCUT2D eigenvalue weighted by atomic mass is 9.97. The van der Waals surface area contributed by atoms with Crippen molar-refractivity contribution in [2.45, 2.75) is 23.9 Å². The van der Waals surface area contributed by atoms with Gasteiger partial charge in [0, 0.05) is 18.0 Å². The Kier molecular flexibility index (Phi) is 4.54. The molecule has 7 heteroatoms. The van der Waals surface area contributed by atoms with Crippen molar-refractivity contribution in [2.24, 2.45) is 5.92 Å². The van der Waals surface area contributed by atoms with Crippen LogP contribution in [0.3, 0.4) is 0 Å². The third-order valence-corrected chi connectivity index (χ3v) is 3.96. The number of piperidine rings is 1. The van der Waals surface area contributed by atoms with E-state index in [9.17, 15) is 18.0 Å². The highest BCUT2D eigenvalue weighted by atomic mass is 35.5. The predicted molar refractivity (Wildman–Crippen MR) is 73.4 cm³/mol. The van der Waals surface area contributed by atoms with E-state index in [4.69, 9.17) is 11.6 Å². The van der Waals surface area contributed by atoms with Gasteiger partial charge in [-0.15, -0.1) is 12.6 Å². The number of rotatable bonds is 1. The van der Waals surface area contributed by atoms with E-state index in [2.05, 4.69) is 12.6 Å². The smallest absolute Gasteiger partial charge is 0.338 e. The molecule has 1 saturated heterocycles. The van der Waals surface area contributed by atoms with Gasteiger partial charge in [-0.05, 0) is 31.0 Å². The maximum absolute atomic E-state index is 12.7. The molecule has 1 aromatic rings. The van der Waals surface area contributed by atoms with Gasteiger partial charge in [0.25, 0.3) is 5.91 Å². The van der Waals surface area contributed by atoms with E-state index in [0.29, 0.717) is 17.9 Å². The lowest BCUT2D eigenvalue weighted by Gasteiger charge is -2.34. The molecular formula is C13H13ClF3NOS. The van der Waals surface area contributed by atoms with Crippen molar-refractivity contribution in [3.05, 3.63) is 28.8 Å². The van der Waals surface area contributed by atoms with Crippen molar-refractivity contribution in [3.8, 4) is 0 Å². The molecule has 1 aliphatic heterocycles. The van der Waals surface area contributed by atoms with Gasteiger partial charge in [-0.3, -0.25) is 4.79 Å². The zero-order chi connectivity index (χ0) is 14.9. The first kappa shape index (κ1) is 15.5. The molecule has 1 fully saturated rings. The van der Waals surface area contributed by atoms with Gasteiger partial charge in [0.05, 0.1) is 16.5 Å². The summed E-state index contributed by atoms with van der Waals surface area (Å²) in [4.78, 5) is 14.0. The van der Waals surface area contributed by atoms with Gasteiger partial charge in [0.1, 0.15) is 0 Å². The van der Waals surface area contributed by atoms with Crippen LogP contribution in [0.15, 0.2) is 23.1 Å². The van der Waals surface area contributed by atoms with Crippen LogP contribution < -0.4 is 0 Å². The summed E-state index contributed by atoms with van der Waals surface area (Å²) in [6.07, 6.45) is -3.87. The second-order valence-electron chi connectivity index (χ2n) is 4.80. The maximum atomic E-state index is 12.7. The Balaban J connectivity index is 2.18. The van der Waals surface area contributed by atoms with Crippen molar-refractivity contribution >= 4 is 30.1 Å². The Morgan fingerprint density at radius 3 is 2.75 bits per heavy atom. The third kappa shape index (κ3) is 3.41. The highest BCUT2D eigenvalue weighted by molar-refractivity contribution is 7.80. The first-order valence-electron chi connectivity index (χ1n) is 6.13. The van der Waals surface area contributed by atoms with E-state index in [1.165, 1.54) is 17.0 Å². The van der Waals surface area contributed by atoms with Crippen LogP contribution in [0.1, 0.15) is 23.2 Å². The van der Waals surface area contributed by atoms with Crippen LogP contribution in [-0.4, -0.2) is 30.1 Å². The molecule has 2 nitrogen and oxygen atoms in total. The summed E-state index contributed by atoms with van der Waals surface area (Å²) in [6.45, 7) is 0.00794. The number of likely N-dealkylation sites (tertiary alicyclic amines) is 1. The predicted octanol–water partition coefficient (Wildman–Crippen LogP) is 4.04. The third-order valence-electron chi connectivity index (χ3n) is 3.35. The second kappa shape index (κ2) is 5.85. The van der Waals surface area contributed by atoms with E-state index in [0.717, 1.165) is 0 Å². The summed E-state index contributed by atoms with van der Waals surface area (Å²) in [5.74, 6) is -1.93. The van der Waals surface area contributed by atoms with Crippen LogP contribution >= 0.6 is 24.2 Å². The van der Waals surface area contributed by atoms with Crippen LogP contribution in [-0.2, 0) is 0 Å². The standard InChI is InChI=1S/C13H13ClF3NOS/c14-11-4-3-9(20)6-10(11)12(19)18-5-1-2-8(7-18)13(15,16)17/h3-4,6,8,20H,1-2,5,7H2. The number of hydrogen-bond acceptors (Lipinski definition) is 2. The molecule has 1 unspecified atom stereocenters. The maximum Gasteiger partial charge on any atom is 0.393 e. The molecule has 20 heavy (non-hydrogen) atoms. The number of thiol groups is 1. The fourth-order valence-corrected chi connectivity index (χ4v) is 2.68. The number of benzene rings is 1. The minimum atomic E-state index is -4.27. The molecular weight excluding hydrogens is 311 g/mol. The quantitative estimate of drug-likeness (QED) is 0.773. The number of hydrogen-bond donors (Lipinski definition) is 1. The molecule has 0 bridgehead atoms. The van der Waals surface area contributed by atoms with E-state index >= 15 is 0 Å². The van der Waals surface area contributed by atoms with Gasteiger partial charge in [0.2, 0.25) is 0 Å². The Morgan fingerprint density at radius 1 is 1.40 bits per heavy atom. The van der Waals surface area contributed by atoms with Gasteiger partial charge in [0.15, 0.2) is 0 Å². The molecule has 1 amide bonds. The highest BCUT2D eigenvalue weighted by Crippen LogP contribution is 2.34. The summed E-state index contributed by atoms with van der Waals surface area (Å²) in [7, 11) is 0. The Hall–Kier alpha value is -0.880. The zero-order valence-corrected chi connectivity index (χ0v) is 12.1. The van der Waals surface area contributed by atoms with E-state index in [-0.39, 0.29) is 23.6 Å². The highest BCUT2D eigenvalue weighted by Gasteiger charge is 2.42. The minimum absolute atomic E-state index is 0.0631. The fourth-order valence-electron chi connectivity index (χ4n) is 2.28. The van der Waals surface area contributed by atoms with Crippen LogP contribution in [0.25, 0.3) is 0 Å². The molecule has 1 aromatic carbocycles. The summed E-state index contributed by atoms with van der Waals surface area (Å²) in [5.41, 5.74) is 0.196. The van der Waals surface area contributed by atoms with Crippen molar-refractivity contribution in [3.63, 3.8) is 0 Å². The van der Waals surface area contributed by atoms with Crippen molar-refractivity contribution in [1.82, 2.24) is 4.90 Å². The average molecular weight is 324 g/mol. The van der Waals surface area contributed by atoms with E-state index < -0.39 is 18.0 Å². The summed E-state index contributed by atoms with van der Waals surface area (Å²) >= 11 is 10.0. The molecule has 0 aliphatic carbocycles. The van der Waals surface area contributed by atoms with Gasteiger partial charge in [-0.2, -0.15) is 13.2 Å². The molecule has 110 valence electrons. The second-order valence-corrected chi connectivity index (χ2v) is 5.72. The molecule has 1 heterocycles. The molecule has 2 rings (SSSR count). The fraction of sp³-hybridized carbons (Fsp3) is 0.462. The molecule has 0 aromatic heterocycles. The zero-order valence-electron chi connectivity index (χ0n) is 10.5. The number of carbonyl (C=O) groups excluding carboxylic acids is 1. The molecule has 0 saturated carbocycles. The lowest BCUT2D eigenvalue weighted by Crippen LogP contribution is -2.44. The number of carbonyl (C=O) groups is 1. The number of nitrogens with zero attached hydrogens (tertiary/aromatic N) is 1. The van der Waals surface area contributed by atoms with Crippen molar-refractivity contribution < 1.29 is 18.0 Å². The first-order valence-corrected chi connectivity index (χ1v) is 6.96. The minimum Gasteiger partial charge on any atom is -0.338 e.